The lowest BCUT2D eigenvalue weighted by atomic mass is 10.2. The zero-order valence-corrected chi connectivity index (χ0v) is 11.0. The number of rotatable bonds is 3. The zero-order valence-electron chi connectivity index (χ0n) is 10.2. The summed E-state index contributed by atoms with van der Waals surface area (Å²) in [6.07, 6.45) is 0. The van der Waals surface area contributed by atoms with E-state index in [0.717, 1.165) is 10.6 Å². The zero-order chi connectivity index (χ0) is 13.0. The Bertz CT molecular complexity index is 600. The molecule has 0 atom stereocenters. The molecule has 0 bridgehead atoms. The Hall–Kier alpha value is -1.92. The molecule has 0 saturated carbocycles. The largest absolute Gasteiger partial charge is 0.398 e. The number of thioether (sulfide) groups is 1. The topological polar surface area (TPSA) is 49.8 Å². The molecule has 18 heavy (non-hydrogen) atoms. The third kappa shape index (κ3) is 3.06. The molecule has 2 rings (SSSR count). The van der Waals surface area contributed by atoms with Crippen LogP contribution in [0, 0.1) is 18.3 Å². The normalized spacial score (nSPS) is 10.0. The molecule has 0 spiro atoms. The van der Waals surface area contributed by atoms with E-state index in [-0.39, 0.29) is 0 Å². The average molecular weight is 254 g/mol. The summed E-state index contributed by atoms with van der Waals surface area (Å²) in [7, 11) is 0. The number of aryl methyl sites for hydroxylation is 1. The predicted molar refractivity (Wildman–Crippen MR) is 76.3 cm³/mol. The highest BCUT2D eigenvalue weighted by atomic mass is 32.2. The molecule has 2 N–H and O–H groups in total. The molecule has 0 aliphatic heterocycles. The molecule has 0 fully saturated rings. The van der Waals surface area contributed by atoms with Crippen molar-refractivity contribution in [2.45, 2.75) is 17.6 Å². The van der Waals surface area contributed by atoms with Gasteiger partial charge in [0.2, 0.25) is 0 Å². The summed E-state index contributed by atoms with van der Waals surface area (Å²) in [5.74, 6) is 0.887. The van der Waals surface area contributed by atoms with Gasteiger partial charge in [-0.2, -0.15) is 5.26 Å². The van der Waals surface area contributed by atoms with Gasteiger partial charge in [-0.25, -0.2) is 0 Å². The Balaban J connectivity index is 2.09. The summed E-state index contributed by atoms with van der Waals surface area (Å²) in [6.45, 7) is 2.09. The van der Waals surface area contributed by atoms with E-state index in [2.05, 4.69) is 37.3 Å². The van der Waals surface area contributed by atoms with Crippen molar-refractivity contribution >= 4 is 17.4 Å². The number of nitrogen functional groups attached to an aromatic ring is 1. The monoisotopic (exact) mass is 254 g/mol. The fourth-order valence-electron chi connectivity index (χ4n) is 1.71. The van der Waals surface area contributed by atoms with Gasteiger partial charge in [0.05, 0.1) is 11.6 Å². The van der Waals surface area contributed by atoms with Crippen LogP contribution in [0.5, 0.6) is 0 Å². The number of anilines is 1. The lowest BCUT2D eigenvalue weighted by Gasteiger charge is -2.06. The minimum Gasteiger partial charge on any atom is -0.398 e. The van der Waals surface area contributed by atoms with Gasteiger partial charge in [-0.3, -0.25) is 0 Å². The maximum Gasteiger partial charge on any atom is 0.0992 e. The first-order chi connectivity index (χ1) is 8.69. The Labute approximate surface area is 111 Å². The van der Waals surface area contributed by atoms with Gasteiger partial charge >= 0.3 is 0 Å². The molecule has 0 aliphatic rings. The van der Waals surface area contributed by atoms with Crippen molar-refractivity contribution in [2.75, 3.05) is 5.73 Å². The molecule has 3 heteroatoms. The van der Waals surface area contributed by atoms with Crippen LogP contribution in [0.15, 0.2) is 47.4 Å². The maximum atomic E-state index is 8.78. The quantitative estimate of drug-likeness (QED) is 0.670. The Morgan fingerprint density at radius 1 is 1.22 bits per heavy atom. The van der Waals surface area contributed by atoms with Crippen LogP contribution in [0.25, 0.3) is 0 Å². The maximum absolute atomic E-state index is 8.78. The first-order valence-corrected chi connectivity index (χ1v) is 6.65. The smallest absolute Gasteiger partial charge is 0.0992 e. The minimum atomic E-state index is 0.604. The summed E-state index contributed by atoms with van der Waals surface area (Å²) >= 11 is 1.69. The fraction of sp³-hybridized carbons (Fsp3) is 0.133. The second kappa shape index (κ2) is 5.61. The van der Waals surface area contributed by atoms with Crippen molar-refractivity contribution in [2.24, 2.45) is 0 Å². The molecule has 0 heterocycles. The number of hydrogen-bond donors (Lipinski definition) is 1. The SMILES string of the molecule is Cc1cccc(CSc2ccc(C#N)cc2N)c1. The molecule has 0 radical (unpaired) electrons. The van der Waals surface area contributed by atoms with Crippen LogP contribution in [-0.4, -0.2) is 0 Å². The number of nitriles is 1. The van der Waals surface area contributed by atoms with Gasteiger partial charge in [0.1, 0.15) is 0 Å². The third-order valence-corrected chi connectivity index (χ3v) is 3.78. The van der Waals surface area contributed by atoms with Crippen LogP contribution in [-0.2, 0) is 5.75 Å². The third-order valence-electron chi connectivity index (χ3n) is 2.62. The van der Waals surface area contributed by atoms with Crippen LogP contribution in [0.2, 0.25) is 0 Å². The van der Waals surface area contributed by atoms with Gasteiger partial charge in [0.25, 0.3) is 0 Å². The van der Waals surface area contributed by atoms with E-state index in [1.54, 1.807) is 23.9 Å². The van der Waals surface area contributed by atoms with E-state index in [1.807, 2.05) is 6.07 Å². The molecular formula is C15H14N2S. The van der Waals surface area contributed by atoms with Crippen molar-refractivity contribution in [3.63, 3.8) is 0 Å². The highest BCUT2D eigenvalue weighted by Crippen LogP contribution is 2.28. The van der Waals surface area contributed by atoms with Crippen LogP contribution in [0.1, 0.15) is 16.7 Å². The molecular weight excluding hydrogens is 240 g/mol. The highest BCUT2D eigenvalue weighted by Gasteiger charge is 2.02. The van der Waals surface area contributed by atoms with Crippen molar-refractivity contribution in [1.82, 2.24) is 0 Å². The van der Waals surface area contributed by atoms with E-state index < -0.39 is 0 Å². The molecule has 2 aromatic rings. The molecule has 0 unspecified atom stereocenters. The summed E-state index contributed by atoms with van der Waals surface area (Å²) in [5.41, 5.74) is 9.74. The van der Waals surface area contributed by atoms with Crippen molar-refractivity contribution in [1.29, 1.82) is 5.26 Å². The molecule has 0 aliphatic carbocycles. The first-order valence-electron chi connectivity index (χ1n) is 5.67. The van der Waals surface area contributed by atoms with Crippen molar-refractivity contribution < 1.29 is 0 Å². The Kier molecular flexibility index (Phi) is 3.91. The highest BCUT2D eigenvalue weighted by molar-refractivity contribution is 7.98. The summed E-state index contributed by atoms with van der Waals surface area (Å²) in [4.78, 5) is 1.02. The van der Waals surface area contributed by atoms with E-state index >= 15 is 0 Å². The molecule has 0 aromatic heterocycles. The molecule has 2 aromatic carbocycles. The van der Waals surface area contributed by atoms with Gasteiger partial charge in [0.15, 0.2) is 0 Å². The second-order valence-corrected chi connectivity index (χ2v) is 5.16. The number of hydrogen-bond acceptors (Lipinski definition) is 3. The standard InChI is InChI=1S/C15H14N2S/c1-11-3-2-4-13(7-11)10-18-15-6-5-12(9-16)8-14(15)17/h2-8H,10,17H2,1H3. The van der Waals surface area contributed by atoms with E-state index in [1.165, 1.54) is 11.1 Å². The van der Waals surface area contributed by atoms with Gasteiger partial charge in [-0.15, -0.1) is 11.8 Å². The van der Waals surface area contributed by atoms with Crippen LogP contribution < -0.4 is 5.73 Å². The van der Waals surface area contributed by atoms with Crippen LogP contribution >= 0.6 is 11.8 Å². The summed E-state index contributed by atoms with van der Waals surface area (Å²) in [5, 5.41) is 8.78. The Morgan fingerprint density at radius 2 is 2.06 bits per heavy atom. The predicted octanol–water partition coefficient (Wildman–Crippen LogP) is 3.74. The molecule has 0 saturated heterocycles. The van der Waals surface area contributed by atoms with Gasteiger partial charge in [-0.05, 0) is 30.7 Å². The Morgan fingerprint density at radius 3 is 2.72 bits per heavy atom. The fourth-order valence-corrected chi connectivity index (χ4v) is 2.60. The van der Waals surface area contributed by atoms with Crippen LogP contribution in [0.3, 0.4) is 0 Å². The second-order valence-electron chi connectivity index (χ2n) is 4.14. The number of nitrogens with two attached hydrogens (primary N) is 1. The van der Waals surface area contributed by atoms with Gasteiger partial charge in [-0.1, -0.05) is 29.8 Å². The molecule has 90 valence electrons. The lowest BCUT2D eigenvalue weighted by molar-refractivity contribution is 1.34. The van der Waals surface area contributed by atoms with E-state index in [0.29, 0.717) is 11.3 Å². The van der Waals surface area contributed by atoms with Crippen molar-refractivity contribution in [3.8, 4) is 6.07 Å². The minimum absolute atomic E-state index is 0.604. The van der Waals surface area contributed by atoms with E-state index in [4.69, 9.17) is 11.0 Å². The number of nitrogens with zero attached hydrogens (tertiary/aromatic N) is 1. The van der Waals surface area contributed by atoms with Crippen molar-refractivity contribution in [3.05, 3.63) is 59.2 Å². The first kappa shape index (κ1) is 12.5. The summed E-state index contributed by atoms with van der Waals surface area (Å²) in [6, 6.07) is 16.0. The molecule has 0 amide bonds. The van der Waals surface area contributed by atoms with Crippen LogP contribution in [0.4, 0.5) is 5.69 Å². The number of benzene rings is 2. The lowest BCUT2D eigenvalue weighted by Crippen LogP contribution is -1.90. The molecule has 2 nitrogen and oxygen atoms in total. The summed E-state index contributed by atoms with van der Waals surface area (Å²) < 4.78 is 0. The average Bonchev–Trinajstić information content (AvgIpc) is 2.37. The van der Waals surface area contributed by atoms with E-state index in [9.17, 15) is 0 Å². The van der Waals surface area contributed by atoms with Gasteiger partial charge in [0, 0.05) is 16.3 Å². The van der Waals surface area contributed by atoms with Gasteiger partial charge < -0.3 is 5.73 Å².